The van der Waals surface area contributed by atoms with Crippen molar-refractivity contribution in [1.29, 1.82) is 0 Å². The largest absolute Gasteiger partial charge is 0.465 e. The monoisotopic (exact) mass is 280 g/mol. The van der Waals surface area contributed by atoms with Crippen molar-refractivity contribution < 1.29 is 9.53 Å². The number of ether oxygens (including phenoxy) is 1. The van der Waals surface area contributed by atoms with Crippen LogP contribution in [0.3, 0.4) is 0 Å². The lowest BCUT2D eigenvalue weighted by Gasteiger charge is -2.07. The van der Waals surface area contributed by atoms with E-state index in [1.807, 2.05) is 0 Å². The number of nitrogens with zero attached hydrogens (tertiary/aromatic N) is 4. The lowest BCUT2D eigenvalue weighted by Crippen LogP contribution is -2.37. The maximum absolute atomic E-state index is 12.2. The molecule has 0 spiro atoms. The Hall–Kier alpha value is -2.38. The Morgan fingerprint density at radius 3 is 2.50 bits per heavy atom. The van der Waals surface area contributed by atoms with E-state index < -0.39 is 17.2 Å². The summed E-state index contributed by atoms with van der Waals surface area (Å²) in [6.07, 6.45) is 0. The lowest BCUT2D eigenvalue weighted by atomic mass is 10.4. The van der Waals surface area contributed by atoms with E-state index in [0.29, 0.717) is 5.82 Å². The molecule has 0 saturated carbocycles. The van der Waals surface area contributed by atoms with Gasteiger partial charge in [0.2, 0.25) is 0 Å². The van der Waals surface area contributed by atoms with Crippen LogP contribution in [-0.2, 0) is 30.2 Å². The molecule has 0 bridgehead atoms. The molecule has 2 heterocycles. The van der Waals surface area contributed by atoms with Crippen LogP contribution in [0.25, 0.3) is 11.2 Å². The van der Waals surface area contributed by atoms with Crippen molar-refractivity contribution in [2.75, 3.05) is 6.61 Å². The SMILES string of the molecule is CCOC(=O)Cn1c(C)nc2c1c(=O)n(C)c(=O)n2C. The predicted octanol–water partition coefficient (Wildman–Crippen LogP) is -0.695. The number of aryl methyl sites for hydroxylation is 2. The molecule has 0 fully saturated rings. The molecular weight excluding hydrogens is 264 g/mol. The Morgan fingerprint density at radius 2 is 1.90 bits per heavy atom. The zero-order valence-corrected chi connectivity index (χ0v) is 11.8. The Kier molecular flexibility index (Phi) is 3.47. The lowest BCUT2D eigenvalue weighted by molar-refractivity contribution is -0.143. The van der Waals surface area contributed by atoms with Crippen molar-refractivity contribution in [3.05, 3.63) is 26.7 Å². The zero-order chi connectivity index (χ0) is 15.0. The third kappa shape index (κ3) is 2.02. The highest BCUT2D eigenvalue weighted by atomic mass is 16.5. The second-order valence-electron chi connectivity index (χ2n) is 4.43. The standard InChI is InChI=1S/C12H16N4O4/c1-5-20-8(17)6-16-7(2)13-10-9(16)11(18)15(4)12(19)14(10)3/h5-6H2,1-4H3. The molecular formula is C12H16N4O4. The highest BCUT2D eigenvalue weighted by Crippen LogP contribution is 2.10. The number of carbonyl (C=O) groups excluding carboxylic acids is 1. The number of carbonyl (C=O) groups is 1. The molecule has 2 rings (SSSR count). The minimum atomic E-state index is -0.479. The van der Waals surface area contributed by atoms with E-state index in [-0.39, 0.29) is 24.3 Å². The second kappa shape index (κ2) is 4.95. The van der Waals surface area contributed by atoms with Crippen LogP contribution in [0.4, 0.5) is 0 Å². The van der Waals surface area contributed by atoms with E-state index in [2.05, 4.69) is 4.98 Å². The van der Waals surface area contributed by atoms with E-state index >= 15 is 0 Å². The Balaban J connectivity index is 2.74. The molecule has 8 heteroatoms. The molecule has 0 amide bonds. The minimum absolute atomic E-state index is 0.108. The molecule has 0 aliphatic rings. The van der Waals surface area contributed by atoms with Crippen LogP contribution in [0.1, 0.15) is 12.7 Å². The molecule has 0 aromatic carbocycles. The van der Waals surface area contributed by atoms with Crippen LogP contribution >= 0.6 is 0 Å². The van der Waals surface area contributed by atoms with Crippen molar-refractivity contribution >= 4 is 17.1 Å². The van der Waals surface area contributed by atoms with Gasteiger partial charge in [0.1, 0.15) is 12.4 Å². The summed E-state index contributed by atoms with van der Waals surface area (Å²) in [6, 6.07) is 0. The van der Waals surface area contributed by atoms with Crippen LogP contribution in [0.15, 0.2) is 9.59 Å². The molecule has 8 nitrogen and oxygen atoms in total. The Labute approximate surface area is 114 Å². The van der Waals surface area contributed by atoms with Crippen LogP contribution in [0.5, 0.6) is 0 Å². The van der Waals surface area contributed by atoms with Crippen LogP contribution < -0.4 is 11.2 Å². The van der Waals surface area contributed by atoms with Gasteiger partial charge in [-0.1, -0.05) is 0 Å². The molecule has 0 aliphatic heterocycles. The summed E-state index contributed by atoms with van der Waals surface area (Å²) in [7, 11) is 2.92. The van der Waals surface area contributed by atoms with Crippen molar-refractivity contribution in [2.45, 2.75) is 20.4 Å². The van der Waals surface area contributed by atoms with Gasteiger partial charge in [-0.2, -0.15) is 0 Å². The molecule has 0 radical (unpaired) electrons. The van der Waals surface area contributed by atoms with Gasteiger partial charge in [0.25, 0.3) is 5.56 Å². The average Bonchev–Trinajstić information content (AvgIpc) is 2.72. The number of hydrogen-bond acceptors (Lipinski definition) is 5. The fourth-order valence-corrected chi connectivity index (χ4v) is 2.08. The molecule has 0 atom stereocenters. The summed E-state index contributed by atoms with van der Waals surface area (Å²) in [6.45, 7) is 3.53. The van der Waals surface area contributed by atoms with E-state index in [4.69, 9.17) is 4.74 Å². The maximum atomic E-state index is 12.2. The third-order valence-electron chi connectivity index (χ3n) is 3.13. The van der Waals surface area contributed by atoms with Gasteiger partial charge in [-0.05, 0) is 13.8 Å². The van der Waals surface area contributed by atoms with Gasteiger partial charge in [-0.15, -0.1) is 0 Å². The second-order valence-corrected chi connectivity index (χ2v) is 4.43. The smallest absolute Gasteiger partial charge is 0.332 e. The maximum Gasteiger partial charge on any atom is 0.332 e. The molecule has 20 heavy (non-hydrogen) atoms. The van der Waals surface area contributed by atoms with Gasteiger partial charge in [0, 0.05) is 14.1 Å². The van der Waals surface area contributed by atoms with E-state index in [9.17, 15) is 14.4 Å². The number of rotatable bonds is 3. The van der Waals surface area contributed by atoms with Gasteiger partial charge in [0.15, 0.2) is 11.2 Å². The molecule has 0 unspecified atom stereocenters. The molecule has 2 aromatic heterocycles. The van der Waals surface area contributed by atoms with Crippen molar-refractivity contribution in [1.82, 2.24) is 18.7 Å². The predicted molar refractivity (Wildman–Crippen MR) is 71.6 cm³/mol. The number of hydrogen-bond donors (Lipinski definition) is 0. The first-order valence-corrected chi connectivity index (χ1v) is 6.17. The van der Waals surface area contributed by atoms with Crippen LogP contribution in [0, 0.1) is 6.92 Å². The van der Waals surface area contributed by atoms with Gasteiger partial charge in [0.05, 0.1) is 6.61 Å². The summed E-state index contributed by atoms with van der Waals surface area (Å²) in [5, 5.41) is 0. The molecule has 108 valence electrons. The summed E-state index contributed by atoms with van der Waals surface area (Å²) in [5.41, 5.74) is -0.448. The third-order valence-corrected chi connectivity index (χ3v) is 3.13. The summed E-state index contributed by atoms with van der Waals surface area (Å²) < 4.78 is 8.62. The molecule has 0 aliphatic carbocycles. The first kappa shape index (κ1) is 14.0. The first-order chi connectivity index (χ1) is 9.38. The molecule has 2 aromatic rings. The fourth-order valence-electron chi connectivity index (χ4n) is 2.08. The van der Waals surface area contributed by atoms with Gasteiger partial charge < -0.3 is 9.30 Å². The Bertz CT molecular complexity index is 796. The van der Waals surface area contributed by atoms with Crippen molar-refractivity contribution in [3.63, 3.8) is 0 Å². The normalized spacial score (nSPS) is 11.0. The molecule has 0 N–H and O–H groups in total. The number of fused-ring (bicyclic) bond motifs is 1. The van der Waals surface area contributed by atoms with Crippen molar-refractivity contribution in [3.8, 4) is 0 Å². The van der Waals surface area contributed by atoms with Crippen LogP contribution in [0.2, 0.25) is 0 Å². The average molecular weight is 280 g/mol. The topological polar surface area (TPSA) is 88.1 Å². The van der Waals surface area contributed by atoms with E-state index in [1.165, 1.54) is 23.2 Å². The summed E-state index contributed by atoms with van der Waals surface area (Å²) in [5.74, 6) is 0.0251. The minimum Gasteiger partial charge on any atom is -0.465 e. The molecule has 0 saturated heterocycles. The van der Waals surface area contributed by atoms with E-state index in [0.717, 1.165) is 4.57 Å². The Morgan fingerprint density at radius 1 is 1.25 bits per heavy atom. The summed E-state index contributed by atoms with van der Waals surface area (Å²) in [4.78, 5) is 39.8. The zero-order valence-electron chi connectivity index (χ0n) is 11.8. The number of aromatic nitrogens is 4. The number of imidazole rings is 1. The van der Waals surface area contributed by atoms with E-state index in [1.54, 1.807) is 13.8 Å². The number of esters is 1. The highest BCUT2D eigenvalue weighted by molar-refractivity contribution is 5.75. The van der Waals surface area contributed by atoms with Gasteiger partial charge in [-0.3, -0.25) is 18.7 Å². The first-order valence-electron chi connectivity index (χ1n) is 6.17. The van der Waals surface area contributed by atoms with Gasteiger partial charge >= 0.3 is 11.7 Å². The van der Waals surface area contributed by atoms with Crippen LogP contribution in [-0.4, -0.2) is 31.3 Å². The quantitative estimate of drug-likeness (QED) is 0.694. The summed E-state index contributed by atoms with van der Waals surface area (Å²) >= 11 is 0. The van der Waals surface area contributed by atoms with Gasteiger partial charge in [-0.25, -0.2) is 9.78 Å². The fraction of sp³-hybridized carbons (Fsp3) is 0.500. The highest BCUT2D eigenvalue weighted by Gasteiger charge is 2.18. The van der Waals surface area contributed by atoms with Crippen molar-refractivity contribution in [2.24, 2.45) is 14.1 Å².